The minimum absolute atomic E-state index is 0.0649. The molecule has 0 bridgehead atoms. The van der Waals surface area contributed by atoms with E-state index in [4.69, 9.17) is 10.1 Å². The fraction of sp³-hybridized carbons (Fsp3) is 0.0833. The van der Waals surface area contributed by atoms with E-state index in [0.29, 0.717) is 10.9 Å². The molecule has 0 atom stereocenters. The SMILES string of the molecule is CC(=O)On1c(=O)c(C#N)cc2ccccc21. The van der Waals surface area contributed by atoms with E-state index in [1.807, 2.05) is 0 Å². The fourth-order valence-electron chi connectivity index (χ4n) is 1.53. The predicted molar refractivity (Wildman–Crippen MR) is 60.2 cm³/mol. The molecule has 17 heavy (non-hydrogen) atoms. The van der Waals surface area contributed by atoms with Crippen molar-refractivity contribution in [3.8, 4) is 6.07 Å². The second kappa shape index (κ2) is 4.10. The normalized spacial score (nSPS) is 9.88. The molecule has 84 valence electrons. The van der Waals surface area contributed by atoms with Crippen LogP contribution in [0.4, 0.5) is 0 Å². The summed E-state index contributed by atoms with van der Waals surface area (Å²) in [5.41, 5.74) is -0.252. The van der Waals surface area contributed by atoms with Gasteiger partial charge in [0.1, 0.15) is 11.6 Å². The largest absolute Gasteiger partial charge is 0.333 e. The molecule has 0 N–H and O–H groups in total. The van der Waals surface area contributed by atoms with Gasteiger partial charge in [-0.05, 0) is 12.1 Å². The number of nitrogens with zero attached hydrogens (tertiary/aromatic N) is 2. The van der Waals surface area contributed by atoms with Gasteiger partial charge in [0.15, 0.2) is 0 Å². The third-order valence-electron chi connectivity index (χ3n) is 2.21. The number of aromatic nitrogens is 1. The molecule has 0 saturated carbocycles. The van der Waals surface area contributed by atoms with E-state index < -0.39 is 11.5 Å². The molecular weight excluding hydrogens is 220 g/mol. The summed E-state index contributed by atoms with van der Waals surface area (Å²) >= 11 is 0. The van der Waals surface area contributed by atoms with Crippen LogP contribution in [0.2, 0.25) is 0 Å². The van der Waals surface area contributed by atoms with E-state index in [9.17, 15) is 9.59 Å². The van der Waals surface area contributed by atoms with Crippen molar-refractivity contribution in [2.45, 2.75) is 6.92 Å². The lowest BCUT2D eigenvalue weighted by atomic mass is 10.2. The van der Waals surface area contributed by atoms with Gasteiger partial charge in [0.2, 0.25) is 0 Å². The van der Waals surface area contributed by atoms with Gasteiger partial charge >= 0.3 is 11.5 Å². The van der Waals surface area contributed by atoms with Gasteiger partial charge < -0.3 is 4.84 Å². The lowest BCUT2D eigenvalue weighted by molar-refractivity contribution is -0.141. The van der Waals surface area contributed by atoms with Crippen molar-refractivity contribution in [2.24, 2.45) is 0 Å². The number of hydrogen-bond acceptors (Lipinski definition) is 4. The molecule has 0 radical (unpaired) electrons. The number of pyridine rings is 1. The number of rotatable bonds is 1. The zero-order valence-corrected chi connectivity index (χ0v) is 9.01. The number of carbonyl (C=O) groups is 1. The van der Waals surface area contributed by atoms with Crippen LogP contribution in [0.1, 0.15) is 12.5 Å². The maximum atomic E-state index is 11.8. The first-order valence-electron chi connectivity index (χ1n) is 4.87. The standard InChI is InChI=1S/C12H8N2O3/c1-8(15)17-14-11-5-3-2-4-9(11)6-10(7-13)12(14)16/h2-6H,1H3. The van der Waals surface area contributed by atoms with Crippen molar-refractivity contribution in [1.29, 1.82) is 5.26 Å². The number of nitriles is 1. The van der Waals surface area contributed by atoms with Gasteiger partial charge in [-0.1, -0.05) is 18.2 Å². The summed E-state index contributed by atoms with van der Waals surface area (Å²) in [4.78, 5) is 27.6. The highest BCUT2D eigenvalue weighted by Crippen LogP contribution is 2.11. The molecule has 2 rings (SSSR count). The van der Waals surface area contributed by atoms with Crippen molar-refractivity contribution < 1.29 is 9.63 Å². The summed E-state index contributed by atoms with van der Waals surface area (Å²) in [5.74, 6) is -0.618. The van der Waals surface area contributed by atoms with Gasteiger partial charge in [0, 0.05) is 12.3 Å². The van der Waals surface area contributed by atoms with E-state index in [0.717, 1.165) is 4.73 Å². The molecule has 0 aliphatic heterocycles. The van der Waals surface area contributed by atoms with E-state index in [-0.39, 0.29) is 5.56 Å². The van der Waals surface area contributed by atoms with E-state index in [2.05, 4.69) is 0 Å². The highest BCUT2D eigenvalue weighted by atomic mass is 16.7. The molecule has 1 heterocycles. The Bertz CT molecular complexity index is 695. The summed E-state index contributed by atoms with van der Waals surface area (Å²) in [6.07, 6.45) is 0. The summed E-state index contributed by atoms with van der Waals surface area (Å²) in [5, 5.41) is 9.49. The second-order valence-electron chi connectivity index (χ2n) is 3.41. The highest BCUT2D eigenvalue weighted by molar-refractivity contribution is 5.80. The average molecular weight is 228 g/mol. The molecular formula is C12H8N2O3. The predicted octanol–water partition coefficient (Wildman–Crippen LogP) is 0.848. The summed E-state index contributed by atoms with van der Waals surface area (Å²) < 4.78 is 0.843. The second-order valence-corrected chi connectivity index (χ2v) is 3.41. The Labute approximate surface area is 96.4 Å². The van der Waals surface area contributed by atoms with Crippen molar-refractivity contribution in [1.82, 2.24) is 4.73 Å². The zero-order valence-electron chi connectivity index (χ0n) is 9.01. The van der Waals surface area contributed by atoms with Crippen molar-refractivity contribution in [2.75, 3.05) is 0 Å². The third-order valence-corrected chi connectivity index (χ3v) is 2.21. The smallest absolute Gasteiger partial charge is 0.330 e. The molecule has 0 amide bonds. The highest BCUT2D eigenvalue weighted by Gasteiger charge is 2.10. The van der Waals surface area contributed by atoms with Crippen LogP contribution in [0.15, 0.2) is 35.1 Å². The lowest BCUT2D eigenvalue weighted by Gasteiger charge is -2.08. The maximum Gasteiger partial charge on any atom is 0.330 e. The topological polar surface area (TPSA) is 72.1 Å². The zero-order chi connectivity index (χ0) is 12.4. The first-order chi connectivity index (χ1) is 8.13. The first-order valence-corrected chi connectivity index (χ1v) is 4.87. The molecule has 5 heteroatoms. The van der Waals surface area contributed by atoms with E-state index in [1.165, 1.54) is 13.0 Å². The number of benzene rings is 1. The Morgan fingerprint density at radius 1 is 1.41 bits per heavy atom. The van der Waals surface area contributed by atoms with Crippen molar-refractivity contribution >= 4 is 16.9 Å². The summed E-state index contributed by atoms with van der Waals surface area (Å²) in [7, 11) is 0. The average Bonchev–Trinajstić information content (AvgIpc) is 2.32. The van der Waals surface area contributed by atoms with Gasteiger partial charge in [-0.25, -0.2) is 4.79 Å². The molecule has 0 spiro atoms. The van der Waals surface area contributed by atoms with Gasteiger partial charge in [-0.3, -0.25) is 4.79 Å². The number of para-hydroxylation sites is 1. The van der Waals surface area contributed by atoms with Crippen LogP contribution in [0.3, 0.4) is 0 Å². The Kier molecular flexibility index (Phi) is 2.63. The van der Waals surface area contributed by atoms with Gasteiger partial charge in [-0.15, -0.1) is 4.73 Å². The number of hydrogen-bond donors (Lipinski definition) is 0. The number of fused-ring (bicyclic) bond motifs is 1. The van der Waals surface area contributed by atoms with Crippen LogP contribution in [0, 0.1) is 11.3 Å². The van der Waals surface area contributed by atoms with Crippen LogP contribution in [-0.2, 0) is 4.79 Å². The molecule has 0 aliphatic rings. The summed E-state index contributed by atoms with van der Waals surface area (Å²) in [6.45, 7) is 1.19. The molecule has 2 aromatic rings. The minimum Gasteiger partial charge on any atom is -0.333 e. The first kappa shape index (κ1) is 10.9. The molecule has 1 aromatic carbocycles. The van der Waals surface area contributed by atoms with Gasteiger partial charge in [-0.2, -0.15) is 5.26 Å². The van der Waals surface area contributed by atoms with E-state index in [1.54, 1.807) is 30.3 Å². The molecule has 0 unspecified atom stereocenters. The summed E-state index contributed by atoms with van der Waals surface area (Å²) in [6, 6.07) is 10.1. The Balaban J connectivity index is 2.86. The van der Waals surface area contributed by atoms with Crippen molar-refractivity contribution in [3.63, 3.8) is 0 Å². The van der Waals surface area contributed by atoms with Gasteiger partial charge in [0.05, 0.1) is 5.52 Å². The molecule has 0 fully saturated rings. The third kappa shape index (κ3) is 1.88. The monoisotopic (exact) mass is 228 g/mol. The Morgan fingerprint density at radius 2 is 2.12 bits per heavy atom. The van der Waals surface area contributed by atoms with Crippen LogP contribution < -0.4 is 10.4 Å². The van der Waals surface area contributed by atoms with Crippen LogP contribution in [0.5, 0.6) is 0 Å². The Morgan fingerprint density at radius 3 is 2.76 bits per heavy atom. The van der Waals surface area contributed by atoms with Crippen LogP contribution in [0.25, 0.3) is 10.9 Å². The minimum atomic E-state index is -0.638. The molecule has 0 aliphatic carbocycles. The van der Waals surface area contributed by atoms with Gasteiger partial charge in [0.25, 0.3) is 0 Å². The molecule has 1 aromatic heterocycles. The van der Waals surface area contributed by atoms with Crippen molar-refractivity contribution in [3.05, 3.63) is 46.2 Å². The Hall–Kier alpha value is -2.61. The number of carbonyl (C=O) groups excluding carboxylic acids is 1. The quantitative estimate of drug-likeness (QED) is 0.725. The molecule has 0 saturated heterocycles. The van der Waals surface area contributed by atoms with Crippen LogP contribution in [-0.4, -0.2) is 10.7 Å². The van der Waals surface area contributed by atoms with E-state index >= 15 is 0 Å². The fourth-order valence-corrected chi connectivity index (χ4v) is 1.53. The van der Waals surface area contributed by atoms with Crippen LogP contribution >= 0.6 is 0 Å². The molecule has 5 nitrogen and oxygen atoms in total. The maximum absolute atomic E-state index is 11.8. The lowest BCUT2D eigenvalue weighted by Crippen LogP contribution is -2.31.